The molecule has 28 heavy (non-hydrogen) atoms. The van der Waals surface area contributed by atoms with Crippen LogP contribution in [0.15, 0.2) is 36.4 Å². The summed E-state index contributed by atoms with van der Waals surface area (Å²) >= 11 is 1.32. The highest BCUT2D eigenvalue weighted by atomic mass is 32.1. The number of aromatic nitrogens is 1. The van der Waals surface area contributed by atoms with Gasteiger partial charge < -0.3 is 18.9 Å². The first-order valence-corrected chi connectivity index (χ1v) is 9.13. The molecule has 0 unspecified atom stereocenters. The summed E-state index contributed by atoms with van der Waals surface area (Å²) in [6.07, 6.45) is 3.12. The highest BCUT2D eigenvalue weighted by Gasteiger charge is 2.14. The summed E-state index contributed by atoms with van der Waals surface area (Å²) in [7, 11) is 6.30. The summed E-state index contributed by atoms with van der Waals surface area (Å²) < 4.78 is 22.0. The Morgan fingerprint density at radius 3 is 2.25 bits per heavy atom. The van der Waals surface area contributed by atoms with Crippen LogP contribution in [0.5, 0.6) is 23.0 Å². The Morgan fingerprint density at radius 2 is 1.57 bits per heavy atom. The number of amides is 1. The van der Waals surface area contributed by atoms with Crippen molar-refractivity contribution in [3.63, 3.8) is 0 Å². The van der Waals surface area contributed by atoms with E-state index in [1.54, 1.807) is 52.7 Å². The Hall–Kier alpha value is -3.26. The van der Waals surface area contributed by atoms with Crippen LogP contribution >= 0.6 is 11.3 Å². The number of nitrogens with zero attached hydrogens (tertiary/aromatic N) is 1. The van der Waals surface area contributed by atoms with Crippen LogP contribution in [0.4, 0.5) is 5.13 Å². The van der Waals surface area contributed by atoms with E-state index in [0.717, 1.165) is 10.3 Å². The van der Waals surface area contributed by atoms with E-state index in [4.69, 9.17) is 18.9 Å². The number of carbonyl (C=O) groups excluding carboxylic acids is 1. The zero-order valence-corrected chi connectivity index (χ0v) is 16.8. The second-order valence-corrected chi connectivity index (χ2v) is 6.60. The Kier molecular flexibility index (Phi) is 6.00. The molecule has 0 fully saturated rings. The molecule has 0 aliphatic rings. The molecule has 0 saturated carbocycles. The standard InChI is InChI=1S/C20H20N2O5S/c1-24-13-7-5-12(11-16(13)27-4)6-10-17(23)21-20-22-18-14(25-2)8-9-15(26-3)19(18)28-20/h5-11H,1-4H3,(H,21,22,23)/b10-6+. The van der Waals surface area contributed by atoms with Gasteiger partial charge in [-0.3, -0.25) is 10.1 Å². The lowest BCUT2D eigenvalue weighted by molar-refractivity contribution is -0.111. The van der Waals surface area contributed by atoms with E-state index in [9.17, 15) is 4.79 Å². The number of fused-ring (bicyclic) bond motifs is 1. The third-order valence-corrected chi connectivity index (χ3v) is 4.96. The number of hydrogen-bond acceptors (Lipinski definition) is 7. The molecule has 0 aliphatic carbocycles. The second kappa shape index (κ2) is 8.62. The molecule has 146 valence electrons. The van der Waals surface area contributed by atoms with Crippen molar-refractivity contribution in [3.8, 4) is 23.0 Å². The van der Waals surface area contributed by atoms with Crippen molar-refractivity contribution < 1.29 is 23.7 Å². The molecule has 3 aromatic rings. The molecule has 1 amide bonds. The fourth-order valence-electron chi connectivity index (χ4n) is 2.61. The molecule has 1 N–H and O–H groups in total. The quantitative estimate of drug-likeness (QED) is 0.605. The SMILES string of the molecule is COc1ccc(/C=C/C(=O)Nc2nc3c(OC)ccc(OC)c3s2)cc1OC. The van der Waals surface area contributed by atoms with Crippen molar-refractivity contribution in [3.05, 3.63) is 42.0 Å². The van der Waals surface area contributed by atoms with Gasteiger partial charge in [-0.2, -0.15) is 0 Å². The predicted octanol–water partition coefficient (Wildman–Crippen LogP) is 3.98. The van der Waals surface area contributed by atoms with Crippen molar-refractivity contribution in [1.29, 1.82) is 0 Å². The van der Waals surface area contributed by atoms with Crippen LogP contribution in [0.2, 0.25) is 0 Å². The second-order valence-electron chi connectivity index (χ2n) is 5.60. The van der Waals surface area contributed by atoms with Crippen molar-refractivity contribution in [2.45, 2.75) is 0 Å². The van der Waals surface area contributed by atoms with Crippen LogP contribution in [-0.2, 0) is 4.79 Å². The van der Waals surface area contributed by atoms with Crippen molar-refractivity contribution in [1.82, 2.24) is 4.98 Å². The molecule has 3 rings (SSSR count). The van der Waals surface area contributed by atoms with Crippen LogP contribution in [-0.4, -0.2) is 39.3 Å². The van der Waals surface area contributed by atoms with E-state index in [1.807, 2.05) is 12.1 Å². The normalized spacial score (nSPS) is 10.9. The van der Waals surface area contributed by atoms with Crippen LogP contribution in [0.1, 0.15) is 5.56 Å². The largest absolute Gasteiger partial charge is 0.495 e. The molecular formula is C20H20N2O5S. The van der Waals surface area contributed by atoms with Crippen molar-refractivity contribution in [2.75, 3.05) is 33.8 Å². The molecule has 0 spiro atoms. The van der Waals surface area contributed by atoms with Crippen molar-refractivity contribution in [2.24, 2.45) is 0 Å². The molecule has 0 aliphatic heterocycles. The number of nitrogens with one attached hydrogen (secondary N) is 1. The lowest BCUT2D eigenvalue weighted by atomic mass is 10.2. The molecule has 1 heterocycles. The van der Waals surface area contributed by atoms with Gasteiger partial charge in [0.1, 0.15) is 21.7 Å². The number of hydrogen-bond donors (Lipinski definition) is 1. The number of rotatable bonds is 7. The number of thiazole rings is 1. The maximum atomic E-state index is 12.3. The summed E-state index contributed by atoms with van der Waals surface area (Å²) in [5.74, 6) is 2.21. The third kappa shape index (κ3) is 4.01. The summed E-state index contributed by atoms with van der Waals surface area (Å²) in [6, 6.07) is 8.99. The first-order chi connectivity index (χ1) is 13.6. The van der Waals surface area contributed by atoms with Gasteiger partial charge in [0, 0.05) is 6.08 Å². The van der Waals surface area contributed by atoms with E-state index >= 15 is 0 Å². The number of methoxy groups -OCH3 is 4. The maximum Gasteiger partial charge on any atom is 0.250 e. The Labute approximate surface area is 166 Å². The summed E-state index contributed by atoms with van der Waals surface area (Å²) in [4.78, 5) is 16.7. The lowest BCUT2D eigenvalue weighted by Crippen LogP contribution is -2.07. The minimum absolute atomic E-state index is 0.299. The average Bonchev–Trinajstić information content (AvgIpc) is 3.14. The van der Waals surface area contributed by atoms with E-state index in [0.29, 0.717) is 33.6 Å². The number of ether oxygens (including phenoxy) is 4. The summed E-state index contributed by atoms with van der Waals surface area (Å²) in [5, 5.41) is 3.23. The molecular weight excluding hydrogens is 380 g/mol. The summed E-state index contributed by atoms with van der Waals surface area (Å²) in [6.45, 7) is 0. The number of carbonyl (C=O) groups is 1. The van der Waals surface area contributed by atoms with Gasteiger partial charge in [-0.15, -0.1) is 0 Å². The summed E-state index contributed by atoms with van der Waals surface area (Å²) in [5.41, 5.74) is 1.45. The Bertz CT molecular complexity index is 988. The van der Waals surface area contributed by atoms with Gasteiger partial charge in [0.05, 0.1) is 28.4 Å². The van der Waals surface area contributed by atoms with Gasteiger partial charge in [-0.05, 0) is 35.9 Å². The van der Waals surface area contributed by atoms with Gasteiger partial charge in [-0.1, -0.05) is 17.4 Å². The molecule has 0 atom stereocenters. The van der Waals surface area contributed by atoms with Crippen molar-refractivity contribution >= 4 is 38.7 Å². The predicted molar refractivity (Wildman–Crippen MR) is 110 cm³/mol. The fourth-order valence-corrected chi connectivity index (χ4v) is 3.59. The number of anilines is 1. The lowest BCUT2D eigenvalue weighted by Gasteiger charge is -2.07. The third-order valence-electron chi connectivity index (χ3n) is 3.98. The van der Waals surface area contributed by atoms with E-state index < -0.39 is 0 Å². The number of benzene rings is 2. The smallest absolute Gasteiger partial charge is 0.250 e. The molecule has 0 saturated heterocycles. The highest BCUT2D eigenvalue weighted by Crippen LogP contribution is 2.38. The maximum absolute atomic E-state index is 12.3. The topological polar surface area (TPSA) is 78.9 Å². The van der Waals surface area contributed by atoms with Gasteiger partial charge in [0.15, 0.2) is 16.6 Å². The van der Waals surface area contributed by atoms with Crippen LogP contribution in [0.25, 0.3) is 16.3 Å². The van der Waals surface area contributed by atoms with Gasteiger partial charge in [0.2, 0.25) is 5.91 Å². The Morgan fingerprint density at radius 1 is 0.929 bits per heavy atom. The molecule has 8 heteroatoms. The molecule has 7 nitrogen and oxygen atoms in total. The zero-order chi connectivity index (χ0) is 20.1. The first kappa shape index (κ1) is 19.5. The average molecular weight is 400 g/mol. The van der Waals surface area contributed by atoms with E-state index in [2.05, 4.69) is 10.3 Å². The van der Waals surface area contributed by atoms with E-state index in [-0.39, 0.29) is 5.91 Å². The zero-order valence-electron chi connectivity index (χ0n) is 15.9. The van der Waals surface area contributed by atoms with E-state index in [1.165, 1.54) is 17.4 Å². The van der Waals surface area contributed by atoms with Gasteiger partial charge >= 0.3 is 0 Å². The monoisotopic (exact) mass is 400 g/mol. The first-order valence-electron chi connectivity index (χ1n) is 8.32. The van der Waals surface area contributed by atoms with Crippen LogP contribution in [0.3, 0.4) is 0 Å². The van der Waals surface area contributed by atoms with Crippen LogP contribution in [0, 0.1) is 0 Å². The van der Waals surface area contributed by atoms with Gasteiger partial charge in [0.25, 0.3) is 0 Å². The minimum atomic E-state index is -0.299. The minimum Gasteiger partial charge on any atom is -0.495 e. The Balaban J connectivity index is 1.79. The molecule has 2 aromatic carbocycles. The van der Waals surface area contributed by atoms with Crippen LogP contribution < -0.4 is 24.3 Å². The molecule has 1 aromatic heterocycles. The molecule has 0 bridgehead atoms. The molecule has 0 radical (unpaired) electrons. The highest BCUT2D eigenvalue weighted by molar-refractivity contribution is 7.22. The van der Waals surface area contributed by atoms with Gasteiger partial charge in [-0.25, -0.2) is 4.98 Å². The fraction of sp³-hybridized carbons (Fsp3) is 0.200.